The lowest BCUT2D eigenvalue weighted by molar-refractivity contribution is -0.125. The first-order valence-electron chi connectivity index (χ1n) is 6.94. The Balaban J connectivity index is 1.98. The van der Waals surface area contributed by atoms with Gasteiger partial charge in [0.15, 0.2) is 0 Å². The van der Waals surface area contributed by atoms with Gasteiger partial charge in [-0.1, -0.05) is 6.07 Å². The van der Waals surface area contributed by atoms with E-state index in [0.717, 1.165) is 5.69 Å². The van der Waals surface area contributed by atoms with Crippen molar-refractivity contribution in [2.24, 2.45) is 0 Å². The van der Waals surface area contributed by atoms with Crippen LogP contribution in [0.2, 0.25) is 0 Å². The number of nitrogens with zero attached hydrogens (tertiary/aromatic N) is 1. The Kier molecular flexibility index (Phi) is 4.47. The standard InChI is InChI=1S/C15H21N3O3/c1-15(2,3)21-10-13(19)17-11-5-4-6-12(9-11)18-8-7-16-14(18)20/h4-6,9H,7-8,10H2,1-3H3,(H,16,20)(H,17,19). The highest BCUT2D eigenvalue weighted by Gasteiger charge is 2.21. The number of hydrogen-bond donors (Lipinski definition) is 2. The SMILES string of the molecule is CC(C)(C)OCC(=O)Nc1cccc(N2CCNC2=O)c1. The third kappa shape index (κ3) is 4.46. The number of rotatable bonds is 4. The zero-order valence-corrected chi connectivity index (χ0v) is 12.6. The van der Waals surface area contributed by atoms with Gasteiger partial charge in [0, 0.05) is 24.5 Å². The predicted octanol–water partition coefficient (Wildman–Crippen LogP) is 1.97. The third-order valence-corrected chi connectivity index (χ3v) is 2.93. The van der Waals surface area contributed by atoms with Crippen LogP contribution < -0.4 is 15.5 Å². The van der Waals surface area contributed by atoms with Gasteiger partial charge in [-0.05, 0) is 39.0 Å². The Morgan fingerprint density at radius 3 is 2.81 bits per heavy atom. The van der Waals surface area contributed by atoms with Crippen LogP contribution in [0.3, 0.4) is 0 Å². The Labute approximate surface area is 124 Å². The second kappa shape index (κ2) is 6.13. The summed E-state index contributed by atoms with van der Waals surface area (Å²) >= 11 is 0. The molecule has 0 atom stereocenters. The maximum absolute atomic E-state index is 11.8. The molecule has 114 valence electrons. The highest BCUT2D eigenvalue weighted by atomic mass is 16.5. The van der Waals surface area contributed by atoms with Crippen molar-refractivity contribution in [2.45, 2.75) is 26.4 Å². The molecule has 0 radical (unpaired) electrons. The van der Waals surface area contributed by atoms with Crippen LogP contribution >= 0.6 is 0 Å². The van der Waals surface area contributed by atoms with E-state index in [0.29, 0.717) is 18.8 Å². The number of carbonyl (C=O) groups excluding carboxylic acids is 2. The van der Waals surface area contributed by atoms with Gasteiger partial charge < -0.3 is 15.4 Å². The van der Waals surface area contributed by atoms with Gasteiger partial charge in [-0.2, -0.15) is 0 Å². The highest BCUT2D eigenvalue weighted by molar-refractivity contribution is 5.96. The number of carbonyl (C=O) groups is 2. The molecule has 2 rings (SSSR count). The fourth-order valence-electron chi connectivity index (χ4n) is 1.95. The van der Waals surface area contributed by atoms with Crippen molar-refractivity contribution in [1.82, 2.24) is 5.32 Å². The number of hydrogen-bond acceptors (Lipinski definition) is 3. The molecule has 1 aromatic rings. The lowest BCUT2D eigenvalue weighted by Gasteiger charge is -2.19. The van der Waals surface area contributed by atoms with Gasteiger partial charge in [0.25, 0.3) is 0 Å². The van der Waals surface area contributed by atoms with E-state index >= 15 is 0 Å². The highest BCUT2D eigenvalue weighted by Crippen LogP contribution is 2.21. The normalized spacial score (nSPS) is 15.0. The molecule has 0 aliphatic carbocycles. The number of nitrogens with one attached hydrogen (secondary N) is 2. The summed E-state index contributed by atoms with van der Waals surface area (Å²) in [6, 6.07) is 7.09. The fourth-order valence-corrected chi connectivity index (χ4v) is 1.95. The number of urea groups is 1. The second-order valence-electron chi connectivity index (χ2n) is 5.88. The van der Waals surface area contributed by atoms with Crippen LogP contribution in [-0.2, 0) is 9.53 Å². The summed E-state index contributed by atoms with van der Waals surface area (Å²) in [4.78, 5) is 25.1. The summed E-state index contributed by atoms with van der Waals surface area (Å²) in [6.07, 6.45) is 0. The summed E-state index contributed by atoms with van der Waals surface area (Å²) in [5, 5.41) is 5.52. The van der Waals surface area contributed by atoms with Gasteiger partial charge in [-0.15, -0.1) is 0 Å². The lowest BCUT2D eigenvalue weighted by atomic mass is 10.2. The van der Waals surface area contributed by atoms with Crippen LogP contribution in [0.25, 0.3) is 0 Å². The van der Waals surface area contributed by atoms with Gasteiger partial charge in [-0.3, -0.25) is 9.69 Å². The predicted molar refractivity (Wildman–Crippen MR) is 81.5 cm³/mol. The van der Waals surface area contributed by atoms with Crippen LogP contribution in [0.15, 0.2) is 24.3 Å². The molecule has 1 heterocycles. The number of anilines is 2. The molecule has 0 spiro atoms. The maximum atomic E-state index is 11.8. The number of ether oxygens (including phenoxy) is 1. The largest absolute Gasteiger partial charge is 0.366 e. The quantitative estimate of drug-likeness (QED) is 0.891. The first-order chi connectivity index (χ1) is 9.85. The molecule has 21 heavy (non-hydrogen) atoms. The molecule has 1 fully saturated rings. The van der Waals surface area contributed by atoms with Crippen molar-refractivity contribution >= 4 is 23.3 Å². The summed E-state index contributed by atoms with van der Waals surface area (Å²) in [7, 11) is 0. The van der Waals surface area contributed by atoms with E-state index in [1.54, 1.807) is 23.1 Å². The molecular formula is C15H21N3O3. The van der Waals surface area contributed by atoms with E-state index in [9.17, 15) is 9.59 Å². The van der Waals surface area contributed by atoms with E-state index in [1.165, 1.54) is 0 Å². The van der Waals surface area contributed by atoms with Crippen molar-refractivity contribution in [3.05, 3.63) is 24.3 Å². The van der Waals surface area contributed by atoms with Crippen LogP contribution in [0.1, 0.15) is 20.8 Å². The fraction of sp³-hybridized carbons (Fsp3) is 0.467. The Morgan fingerprint density at radius 1 is 1.43 bits per heavy atom. The van der Waals surface area contributed by atoms with Gasteiger partial charge >= 0.3 is 6.03 Å². The lowest BCUT2D eigenvalue weighted by Crippen LogP contribution is -2.28. The molecule has 1 aliphatic rings. The Morgan fingerprint density at radius 2 is 2.19 bits per heavy atom. The van der Waals surface area contributed by atoms with Crippen LogP contribution in [0.4, 0.5) is 16.2 Å². The molecule has 6 nitrogen and oxygen atoms in total. The topological polar surface area (TPSA) is 70.7 Å². The van der Waals surface area contributed by atoms with Crippen LogP contribution in [-0.4, -0.2) is 37.2 Å². The molecule has 0 bridgehead atoms. The summed E-state index contributed by atoms with van der Waals surface area (Å²) < 4.78 is 5.42. The first-order valence-corrected chi connectivity index (χ1v) is 6.94. The average Bonchev–Trinajstić information content (AvgIpc) is 2.82. The molecule has 1 aliphatic heterocycles. The van der Waals surface area contributed by atoms with Crippen molar-refractivity contribution in [2.75, 3.05) is 29.9 Å². The average molecular weight is 291 g/mol. The maximum Gasteiger partial charge on any atom is 0.321 e. The molecule has 0 unspecified atom stereocenters. The molecule has 0 aromatic heterocycles. The van der Waals surface area contributed by atoms with E-state index in [4.69, 9.17) is 4.74 Å². The Hall–Kier alpha value is -2.08. The molecule has 1 aromatic carbocycles. The molecule has 0 saturated carbocycles. The first kappa shape index (κ1) is 15.3. The number of benzene rings is 1. The van der Waals surface area contributed by atoms with E-state index < -0.39 is 0 Å². The minimum atomic E-state index is -0.354. The van der Waals surface area contributed by atoms with Gasteiger partial charge in [0.05, 0.1) is 5.60 Å². The minimum Gasteiger partial charge on any atom is -0.366 e. The van der Waals surface area contributed by atoms with Crippen molar-refractivity contribution in [3.63, 3.8) is 0 Å². The second-order valence-corrected chi connectivity index (χ2v) is 5.88. The minimum absolute atomic E-state index is 0.00206. The zero-order chi connectivity index (χ0) is 15.5. The summed E-state index contributed by atoms with van der Waals surface area (Å²) in [5.41, 5.74) is 1.06. The smallest absolute Gasteiger partial charge is 0.321 e. The third-order valence-electron chi connectivity index (χ3n) is 2.93. The van der Waals surface area contributed by atoms with Crippen molar-refractivity contribution < 1.29 is 14.3 Å². The van der Waals surface area contributed by atoms with Crippen LogP contribution in [0, 0.1) is 0 Å². The van der Waals surface area contributed by atoms with E-state index in [1.807, 2.05) is 26.8 Å². The monoisotopic (exact) mass is 291 g/mol. The molecule has 2 N–H and O–H groups in total. The summed E-state index contributed by atoms with van der Waals surface area (Å²) in [6.45, 7) is 6.95. The van der Waals surface area contributed by atoms with Crippen LogP contribution in [0.5, 0.6) is 0 Å². The van der Waals surface area contributed by atoms with E-state index in [-0.39, 0.29) is 24.1 Å². The van der Waals surface area contributed by atoms with Crippen molar-refractivity contribution in [3.8, 4) is 0 Å². The van der Waals surface area contributed by atoms with Gasteiger partial charge in [0.2, 0.25) is 5.91 Å². The summed E-state index contributed by atoms with van der Waals surface area (Å²) in [5.74, 6) is -0.215. The molecule has 1 saturated heterocycles. The van der Waals surface area contributed by atoms with Gasteiger partial charge in [0.1, 0.15) is 6.61 Å². The Bertz CT molecular complexity index is 537. The van der Waals surface area contributed by atoms with Crippen molar-refractivity contribution in [1.29, 1.82) is 0 Å². The van der Waals surface area contributed by atoms with Gasteiger partial charge in [-0.25, -0.2) is 4.79 Å². The van der Waals surface area contributed by atoms with E-state index in [2.05, 4.69) is 10.6 Å². The molecule has 6 heteroatoms. The zero-order valence-electron chi connectivity index (χ0n) is 12.6. The molecule has 3 amide bonds. The number of amides is 3. The molecular weight excluding hydrogens is 270 g/mol.